The van der Waals surface area contributed by atoms with Crippen molar-refractivity contribution in [1.82, 2.24) is 19.2 Å². The molecule has 4 aromatic rings. The van der Waals surface area contributed by atoms with Crippen molar-refractivity contribution in [2.75, 3.05) is 12.8 Å². The van der Waals surface area contributed by atoms with E-state index >= 15 is 0 Å². The topological polar surface area (TPSA) is 70.4 Å². The number of para-hydroxylation sites is 2. The maximum Gasteiger partial charge on any atom is 0.236 e. The van der Waals surface area contributed by atoms with Crippen LogP contribution in [-0.4, -0.2) is 26.3 Å². The van der Waals surface area contributed by atoms with Crippen LogP contribution >= 0.6 is 0 Å². The van der Waals surface area contributed by atoms with Crippen molar-refractivity contribution in [2.45, 2.75) is 13.5 Å². The first kappa shape index (κ1) is 13.6. The molecule has 0 fully saturated rings. The van der Waals surface area contributed by atoms with Gasteiger partial charge in [-0.25, -0.2) is 0 Å². The maximum atomic E-state index is 5.96. The molecule has 2 N–H and O–H groups in total. The summed E-state index contributed by atoms with van der Waals surface area (Å²) in [5.74, 6) is 2.27. The molecule has 0 unspecified atom stereocenters. The number of nitrogen functional groups attached to an aromatic ring is 1. The van der Waals surface area contributed by atoms with Crippen LogP contribution in [0.4, 0.5) is 5.69 Å². The molecule has 0 atom stereocenters. The lowest BCUT2D eigenvalue weighted by Crippen LogP contribution is -1.95. The molecule has 0 spiro atoms. The normalized spacial score (nSPS) is 11.4. The fraction of sp³-hybridized carbons (Fsp3) is 0.176. The summed E-state index contributed by atoms with van der Waals surface area (Å²) < 4.78 is 9.67. The smallest absolute Gasteiger partial charge is 0.236 e. The second-order valence-corrected chi connectivity index (χ2v) is 5.35. The highest BCUT2D eigenvalue weighted by Crippen LogP contribution is 2.33. The number of nitrogens with two attached hydrogens (primary N) is 1. The molecule has 0 saturated heterocycles. The average Bonchev–Trinajstić information content (AvgIpc) is 3.12. The third-order valence-electron chi connectivity index (χ3n) is 4.08. The van der Waals surface area contributed by atoms with E-state index in [-0.39, 0.29) is 0 Å². The molecule has 6 heteroatoms. The van der Waals surface area contributed by atoms with Crippen LogP contribution in [0, 0.1) is 0 Å². The van der Waals surface area contributed by atoms with Gasteiger partial charge in [-0.3, -0.25) is 4.40 Å². The largest absolute Gasteiger partial charge is 0.496 e. The van der Waals surface area contributed by atoms with Gasteiger partial charge in [0.05, 0.1) is 23.7 Å². The highest BCUT2D eigenvalue weighted by molar-refractivity contribution is 5.84. The van der Waals surface area contributed by atoms with E-state index in [4.69, 9.17) is 10.5 Å². The average molecular weight is 307 g/mol. The number of aromatic nitrogens is 4. The lowest BCUT2D eigenvalue weighted by atomic mass is 10.1. The van der Waals surface area contributed by atoms with Gasteiger partial charge in [0.1, 0.15) is 5.75 Å². The lowest BCUT2D eigenvalue weighted by molar-refractivity contribution is 0.416. The van der Waals surface area contributed by atoms with Crippen molar-refractivity contribution in [3.63, 3.8) is 0 Å². The fourth-order valence-electron chi connectivity index (χ4n) is 3.05. The molecular formula is C17H17N5O. The zero-order valence-corrected chi connectivity index (χ0v) is 13.0. The molecule has 23 heavy (non-hydrogen) atoms. The summed E-state index contributed by atoms with van der Waals surface area (Å²) in [5.41, 5.74) is 9.65. The van der Waals surface area contributed by atoms with Crippen LogP contribution in [0.3, 0.4) is 0 Å². The van der Waals surface area contributed by atoms with E-state index in [1.54, 1.807) is 7.11 Å². The monoisotopic (exact) mass is 307 g/mol. The maximum absolute atomic E-state index is 5.96. The number of anilines is 1. The first-order valence-corrected chi connectivity index (χ1v) is 7.51. The van der Waals surface area contributed by atoms with Gasteiger partial charge in [0.15, 0.2) is 5.82 Å². The first-order chi connectivity index (χ1) is 11.2. The Balaban J connectivity index is 2.12. The van der Waals surface area contributed by atoms with Gasteiger partial charge in [0.25, 0.3) is 0 Å². The summed E-state index contributed by atoms with van der Waals surface area (Å²) in [6.45, 7) is 2.92. The molecule has 0 saturated carbocycles. The minimum absolute atomic E-state index is 0.664. The van der Waals surface area contributed by atoms with Gasteiger partial charge >= 0.3 is 0 Å². The van der Waals surface area contributed by atoms with Crippen LogP contribution in [-0.2, 0) is 6.54 Å². The number of methoxy groups -OCH3 is 1. The number of hydrogen-bond acceptors (Lipinski definition) is 4. The van der Waals surface area contributed by atoms with Crippen LogP contribution < -0.4 is 10.5 Å². The van der Waals surface area contributed by atoms with E-state index in [0.717, 1.165) is 40.5 Å². The van der Waals surface area contributed by atoms with Gasteiger partial charge in [-0.05, 0) is 37.3 Å². The predicted octanol–water partition coefficient (Wildman–Crippen LogP) is 2.96. The number of nitrogens with zero attached hydrogens (tertiary/aromatic N) is 4. The molecule has 0 aliphatic rings. The van der Waals surface area contributed by atoms with E-state index < -0.39 is 0 Å². The van der Waals surface area contributed by atoms with Gasteiger partial charge in [-0.2, -0.15) is 0 Å². The van der Waals surface area contributed by atoms with Crippen molar-refractivity contribution < 1.29 is 4.74 Å². The first-order valence-electron chi connectivity index (χ1n) is 7.51. The molecular weight excluding hydrogens is 290 g/mol. The molecule has 2 aromatic carbocycles. The molecule has 0 aliphatic heterocycles. The summed E-state index contributed by atoms with van der Waals surface area (Å²) >= 11 is 0. The van der Waals surface area contributed by atoms with Gasteiger partial charge in [-0.15, -0.1) is 10.2 Å². The fourth-order valence-corrected chi connectivity index (χ4v) is 3.05. The highest BCUT2D eigenvalue weighted by atomic mass is 16.5. The van der Waals surface area contributed by atoms with Crippen LogP contribution in [0.2, 0.25) is 0 Å². The summed E-state index contributed by atoms with van der Waals surface area (Å²) in [6.07, 6.45) is 0. The van der Waals surface area contributed by atoms with Crippen LogP contribution in [0.15, 0.2) is 42.5 Å². The van der Waals surface area contributed by atoms with Crippen LogP contribution in [0.1, 0.15) is 6.92 Å². The summed E-state index contributed by atoms with van der Waals surface area (Å²) in [4.78, 5) is 0. The molecule has 2 heterocycles. The quantitative estimate of drug-likeness (QED) is 0.591. The Morgan fingerprint density at radius 3 is 2.61 bits per heavy atom. The number of aryl methyl sites for hydroxylation is 1. The van der Waals surface area contributed by atoms with Crippen molar-refractivity contribution in [1.29, 1.82) is 0 Å². The van der Waals surface area contributed by atoms with E-state index in [0.29, 0.717) is 5.69 Å². The van der Waals surface area contributed by atoms with Crippen LogP contribution in [0.25, 0.3) is 28.2 Å². The minimum Gasteiger partial charge on any atom is -0.496 e. The highest BCUT2D eigenvalue weighted by Gasteiger charge is 2.19. The Hall–Kier alpha value is -3.02. The molecule has 2 aromatic heterocycles. The second-order valence-electron chi connectivity index (χ2n) is 5.35. The van der Waals surface area contributed by atoms with E-state index in [1.165, 1.54) is 0 Å². The number of rotatable bonds is 3. The second kappa shape index (κ2) is 5.01. The Morgan fingerprint density at radius 1 is 1.09 bits per heavy atom. The number of ether oxygens (including phenoxy) is 1. The summed E-state index contributed by atoms with van der Waals surface area (Å²) in [6, 6.07) is 13.7. The predicted molar refractivity (Wildman–Crippen MR) is 90.6 cm³/mol. The zero-order valence-electron chi connectivity index (χ0n) is 13.0. The van der Waals surface area contributed by atoms with Gasteiger partial charge in [0.2, 0.25) is 5.78 Å². The number of fused-ring (bicyclic) bond motifs is 3. The lowest BCUT2D eigenvalue weighted by Gasteiger charge is -2.07. The molecule has 116 valence electrons. The molecule has 6 nitrogen and oxygen atoms in total. The number of imidazole rings is 1. The van der Waals surface area contributed by atoms with Gasteiger partial charge < -0.3 is 15.0 Å². The Morgan fingerprint density at radius 2 is 1.87 bits per heavy atom. The van der Waals surface area contributed by atoms with Crippen LogP contribution in [0.5, 0.6) is 5.75 Å². The number of benzene rings is 2. The molecule has 0 radical (unpaired) electrons. The van der Waals surface area contributed by atoms with Gasteiger partial charge in [0, 0.05) is 12.2 Å². The Labute approximate surface area is 133 Å². The van der Waals surface area contributed by atoms with E-state index in [2.05, 4.69) is 38.2 Å². The van der Waals surface area contributed by atoms with Crippen molar-refractivity contribution in [3.05, 3.63) is 42.5 Å². The molecule has 0 bridgehead atoms. The van der Waals surface area contributed by atoms with Crippen molar-refractivity contribution in [2.24, 2.45) is 0 Å². The SMILES string of the molecule is CCn1c2ccccc2n2c(-c3cc(N)ccc3OC)nnc12. The summed E-state index contributed by atoms with van der Waals surface area (Å²) in [5, 5.41) is 8.78. The number of hydrogen-bond donors (Lipinski definition) is 1. The van der Waals surface area contributed by atoms with E-state index in [1.807, 2.05) is 30.3 Å². The molecule has 0 amide bonds. The Bertz CT molecular complexity index is 1010. The van der Waals surface area contributed by atoms with Crippen molar-refractivity contribution >= 4 is 22.5 Å². The third kappa shape index (κ3) is 1.88. The molecule has 0 aliphatic carbocycles. The summed E-state index contributed by atoms with van der Waals surface area (Å²) in [7, 11) is 1.64. The minimum atomic E-state index is 0.664. The third-order valence-corrected chi connectivity index (χ3v) is 4.08. The standard InChI is InChI=1S/C17H17N5O/c1-3-21-13-6-4-5-7-14(13)22-16(19-20-17(21)22)12-10-11(18)8-9-15(12)23-2/h4-10H,3,18H2,1-2H3. The Kier molecular flexibility index (Phi) is 2.97. The zero-order chi connectivity index (χ0) is 16.0. The van der Waals surface area contributed by atoms with E-state index in [9.17, 15) is 0 Å². The van der Waals surface area contributed by atoms with Crippen molar-refractivity contribution in [3.8, 4) is 17.1 Å². The molecule has 4 rings (SSSR count). The van der Waals surface area contributed by atoms with Gasteiger partial charge in [-0.1, -0.05) is 12.1 Å².